The van der Waals surface area contributed by atoms with E-state index in [2.05, 4.69) is 15.9 Å². The Morgan fingerprint density at radius 1 is 1.14 bits per heavy atom. The molecule has 0 amide bonds. The van der Waals surface area contributed by atoms with E-state index in [1.54, 1.807) is 37.3 Å². The van der Waals surface area contributed by atoms with Gasteiger partial charge in [0, 0.05) is 23.8 Å². The van der Waals surface area contributed by atoms with E-state index in [0.29, 0.717) is 15.9 Å². The van der Waals surface area contributed by atoms with E-state index in [9.17, 15) is 12.8 Å². The average molecular weight is 386 g/mol. The lowest BCUT2D eigenvalue weighted by atomic mass is 10.2. The molecule has 0 bridgehead atoms. The molecular weight excluding hydrogens is 369 g/mol. The minimum absolute atomic E-state index is 0.0880. The standard InChI is InChI=1S/C16H17BrFNO2S/c1-3-22(20,21)15-8-6-14(7-9-15)19(2)11-12-4-5-13(18)10-16(12)17/h4-10H,3,11H2,1-2H3. The summed E-state index contributed by atoms with van der Waals surface area (Å²) in [4.78, 5) is 2.30. The zero-order valence-electron chi connectivity index (χ0n) is 12.4. The highest BCUT2D eigenvalue weighted by atomic mass is 79.9. The highest BCUT2D eigenvalue weighted by Gasteiger charge is 2.12. The molecule has 0 aliphatic rings. The first-order valence-corrected chi connectivity index (χ1v) is 9.26. The van der Waals surface area contributed by atoms with E-state index in [4.69, 9.17) is 0 Å². The third-order valence-corrected chi connectivity index (χ3v) is 5.93. The molecule has 0 heterocycles. The van der Waals surface area contributed by atoms with Gasteiger partial charge in [-0.05, 0) is 42.0 Å². The first-order chi connectivity index (χ1) is 10.3. The van der Waals surface area contributed by atoms with Crippen molar-refractivity contribution in [2.24, 2.45) is 0 Å². The third-order valence-electron chi connectivity index (χ3n) is 3.44. The second-order valence-corrected chi connectivity index (χ2v) is 8.12. The lowest BCUT2D eigenvalue weighted by molar-refractivity contribution is 0.597. The van der Waals surface area contributed by atoms with Gasteiger partial charge in [0.15, 0.2) is 9.84 Å². The topological polar surface area (TPSA) is 37.4 Å². The molecule has 0 unspecified atom stereocenters. The van der Waals surface area contributed by atoms with Gasteiger partial charge in [-0.15, -0.1) is 0 Å². The fraction of sp³-hybridized carbons (Fsp3) is 0.250. The van der Waals surface area contributed by atoms with Crippen LogP contribution in [0.4, 0.5) is 10.1 Å². The van der Waals surface area contributed by atoms with Crippen LogP contribution in [-0.2, 0) is 16.4 Å². The predicted octanol–water partition coefficient (Wildman–Crippen LogP) is 4.02. The molecule has 0 atom stereocenters. The molecule has 3 nitrogen and oxygen atoms in total. The quantitative estimate of drug-likeness (QED) is 0.779. The summed E-state index contributed by atoms with van der Waals surface area (Å²) >= 11 is 3.35. The van der Waals surface area contributed by atoms with E-state index < -0.39 is 9.84 Å². The van der Waals surface area contributed by atoms with Crippen molar-refractivity contribution in [3.05, 3.63) is 58.3 Å². The summed E-state index contributed by atoms with van der Waals surface area (Å²) in [6, 6.07) is 11.4. The smallest absolute Gasteiger partial charge is 0.178 e. The van der Waals surface area contributed by atoms with Gasteiger partial charge in [-0.1, -0.05) is 28.9 Å². The van der Waals surface area contributed by atoms with Crippen LogP contribution in [0.25, 0.3) is 0 Å². The number of hydrogen-bond acceptors (Lipinski definition) is 3. The number of hydrogen-bond donors (Lipinski definition) is 0. The molecule has 2 aromatic carbocycles. The van der Waals surface area contributed by atoms with Crippen LogP contribution in [0.1, 0.15) is 12.5 Å². The van der Waals surface area contributed by atoms with Gasteiger partial charge in [0.05, 0.1) is 10.6 Å². The molecule has 0 N–H and O–H groups in total. The predicted molar refractivity (Wildman–Crippen MR) is 90.4 cm³/mol. The van der Waals surface area contributed by atoms with Crippen LogP contribution < -0.4 is 4.90 Å². The van der Waals surface area contributed by atoms with Crippen molar-refractivity contribution in [1.82, 2.24) is 0 Å². The van der Waals surface area contributed by atoms with E-state index >= 15 is 0 Å². The van der Waals surface area contributed by atoms with Crippen molar-refractivity contribution in [2.45, 2.75) is 18.4 Å². The summed E-state index contributed by atoms with van der Waals surface area (Å²) < 4.78 is 37.4. The zero-order chi connectivity index (χ0) is 16.3. The first-order valence-electron chi connectivity index (χ1n) is 6.81. The molecule has 0 saturated heterocycles. The molecule has 0 aromatic heterocycles. The molecule has 2 rings (SSSR count). The van der Waals surface area contributed by atoms with Crippen molar-refractivity contribution in [3.8, 4) is 0 Å². The Kier molecular flexibility index (Phi) is 5.24. The molecule has 2 aromatic rings. The van der Waals surface area contributed by atoms with Crippen LogP contribution in [0.2, 0.25) is 0 Å². The van der Waals surface area contributed by atoms with Crippen LogP contribution in [0.15, 0.2) is 51.8 Å². The normalized spacial score (nSPS) is 11.5. The molecule has 0 aliphatic heterocycles. The minimum Gasteiger partial charge on any atom is -0.370 e. The van der Waals surface area contributed by atoms with Gasteiger partial charge in [0.25, 0.3) is 0 Å². The summed E-state index contributed by atoms with van der Waals surface area (Å²) in [6.07, 6.45) is 0. The van der Waals surface area contributed by atoms with Crippen LogP contribution >= 0.6 is 15.9 Å². The zero-order valence-corrected chi connectivity index (χ0v) is 14.8. The highest BCUT2D eigenvalue weighted by Crippen LogP contribution is 2.23. The SMILES string of the molecule is CCS(=O)(=O)c1ccc(N(C)Cc2ccc(F)cc2Br)cc1. The van der Waals surface area contributed by atoms with E-state index in [1.807, 2.05) is 11.9 Å². The third kappa shape index (κ3) is 3.87. The van der Waals surface area contributed by atoms with Gasteiger partial charge in [-0.2, -0.15) is 0 Å². The van der Waals surface area contributed by atoms with Gasteiger partial charge in [-0.25, -0.2) is 12.8 Å². The lowest BCUT2D eigenvalue weighted by Crippen LogP contribution is -2.17. The van der Waals surface area contributed by atoms with Crippen LogP contribution in [-0.4, -0.2) is 21.2 Å². The highest BCUT2D eigenvalue weighted by molar-refractivity contribution is 9.10. The summed E-state index contributed by atoms with van der Waals surface area (Å²) in [5, 5.41) is 0. The van der Waals surface area contributed by atoms with Crippen LogP contribution in [0.3, 0.4) is 0 Å². The summed E-state index contributed by atoms with van der Waals surface area (Å²) in [7, 11) is -1.28. The maximum Gasteiger partial charge on any atom is 0.178 e. The maximum absolute atomic E-state index is 13.1. The van der Waals surface area contributed by atoms with Gasteiger partial charge < -0.3 is 4.90 Å². The van der Waals surface area contributed by atoms with E-state index in [-0.39, 0.29) is 11.6 Å². The van der Waals surface area contributed by atoms with Crippen molar-refractivity contribution in [2.75, 3.05) is 17.7 Å². The number of halogens is 2. The van der Waals surface area contributed by atoms with Crippen molar-refractivity contribution < 1.29 is 12.8 Å². The Morgan fingerprint density at radius 2 is 1.77 bits per heavy atom. The van der Waals surface area contributed by atoms with Gasteiger partial charge in [0.2, 0.25) is 0 Å². The number of anilines is 1. The van der Waals surface area contributed by atoms with Gasteiger partial charge in [-0.3, -0.25) is 0 Å². The molecule has 6 heteroatoms. The molecule has 0 radical (unpaired) electrons. The van der Waals surface area contributed by atoms with Crippen LogP contribution in [0.5, 0.6) is 0 Å². The number of rotatable bonds is 5. The Morgan fingerprint density at radius 3 is 2.32 bits per heavy atom. The Labute approximate surface area is 138 Å². The molecule has 0 spiro atoms. The molecular formula is C16H17BrFNO2S. The van der Waals surface area contributed by atoms with Gasteiger partial charge >= 0.3 is 0 Å². The largest absolute Gasteiger partial charge is 0.370 e. The maximum atomic E-state index is 13.1. The fourth-order valence-corrected chi connectivity index (χ4v) is 3.43. The molecule has 0 fully saturated rings. The fourth-order valence-electron chi connectivity index (χ4n) is 2.07. The number of nitrogens with zero attached hydrogens (tertiary/aromatic N) is 1. The molecule has 0 aliphatic carbocycles. The second-order valence-electron chi connectivity index (χ2n) is 4.99. The summed E-state index contributed by atoms with van der Waals surface area (Å²) in [5.74, 6) is -0.197. The van der Waals surface area contributed by atoms with Gasteiger partial charge in [0.1, 0.15) is 5.82 Å². The Bertz CT molecular complexity index is 760. The lowest BCUT2D eigenvalue weighted by Gasteiger charge is -2.20. The Hall–Kier alpha value is -1.40. The molecule has 22 heavy (non-hydrogen) atoms. The number of benzene rings is 2. The first kappa shape index (κ1) is 17.0. The van der Waals surface area contributed by atoms with Crippen LogP contribution in [0, 0.1) is 5.82 Å². The summed E-state index contributed by atoms with van der Waals surface area (Å²) in [6.45, 7) is 2.21. The minimum atomic E-state index is -3.18. The second kappa shape index (κ2) is 6.79. The Balaban J connectivity index is 2.18. The molecule has 0 saturated carbocycles. The van der Waals surface area contributed by atoms with Crippen molar-refractivity contribution in [3.63, 3.8) is 0 Å². The van der Waals surface area contributed by atoms with Crippen molar-refractivity contribution in [1.29, 1.82) is 0 Å². The van der Waals surface area contributed by atoms with E-state index in [0.717, 1.165) is 11.3 Å². The van der Waals surface area contributed by atoms with Crippen molar-refractivity contribution >= 4 is 31.5 Å². The molecule has 118 valence electrons. The monoisotopic (exact) mass is 385 g/mol. The average Bonchev–Trinajstić information content (AvgIpc) is 2.50. The number of sulfone groups is 1. The van der Waals surface area contributed by atoms with E-state index in [1.165, 1.54) is 12.1 Å². The summed E-state index contributed by atoms with van der Waals surface area (Å²) in [5.41, 5.74) is 1.85.